The number of primary amides is 1. The summed E-state index contributed by atoms with van der Waals surface area (Å²) in [4.78, 5) is 23.1. The molecule has 0 spiro atoms. The van der Waals surface area contributed by atoms with Gasteiger partial charge in [-0.1, -0.05) is 18.2 Å². The van der Waals surface area contributed by atoms with Crippen molar-refractivity contribution >= 4 is 11.8 Å². The van der Waals surface area contributed by atoms with Crippen molar-refractivity contribution in [3.05, 3.63) is 70.5 Å². The first-order valence-corrected chi connectivity index (χ1v) is 6.40. The number of rotatable bonds is 4. The molecule has 0 aliphatic heterocycles. The fourth-order valence-corrected chi connectivity index (χ4v) is 1.95. The van der Waals surface area contributed by atoms with Crippen LogP contribution in [0.2, 0.25) is 0 Å². The molecule has 2 rings (SSSR count). The number of carbonyl (C=O) groups excluding carboxylic acids is 2. The number of nitrogens with one attached hydrogen (secondary N) is 1. The van der Waals surface area contributed by atoms with E-state index in [4.69, 9.17) is 5.73 Å². The van der Waals surface area contributed by atoms with Crippen LogP contribution in [-0.2, 0) is 6.54 Å². The molecule has 4 nitrogen and oxygen atoms in total. The Labute approximate surface area is 121 Å². The van der Waals surface area contributed by atoms with Crippen molar-refractivity contribution in [2.45, 2.75) is 13.5 Å². The van der Waals surface area contributed by atoms with Crippen LogP contribution in [0, 0.1) is 12.7 Å². The van der Waals surface area contributed by atoms with Gasteiger partial charge in [-0.05, 0) is 42.3 Å². The van der Waals surface area contributed by atoms with E-state index < -0.39 is 11.7 Å². The highest BCUT2D eigenvalue weighted by atomic mass is 19.1. The van der Waals surface area contributed by atoms with E-state index in [1.54, 1.807) is 37.3 Å². The minimum Gasteiger partial charge on any atom is -0.366 e. The maximum Gasteiger partial charge on any atom is 0.251 e. The summed E-state index contributed by atoms with van der Waals surface area (Å²) < 4.78 is 13.2. The second kappa shape index (κ2) is 6.17. The molecule has 0 aliphatic carbocycles. The van der Waals surface area contributed by atoms with Gasteiger partial charge in [-0.25, -0.2) is 4.39 Å². The van der Waals surface area contributed by atoms with Crippen LogP contribution in [0.25, 0.3) is 0 Å². The molecule has 0 bridgehead atoms. The first-order chi connectivity index (χ1) is 9.97. The Hall–Kier alpha value is -2.69. The summed E-state index contributed by atoms with van der Waals surface area (Å²) in [6, 6.07) is 10.7. The lowest BCUT2D eigenvalue weighted by Gasteiger charge is -2.08. The Morgan fingerprint density at radius 3 is 2.67 bits per heavy atom. The lowest BCUT2D eigenvalue weighted by Crippen LogP contribution is -2.24. The molecule has 2 aromatic carbocycles. The minimum absolute atomic E-state index is 0.232. The van der Waals surface area contributed by atoms with Crippen molar-refractivity contribution in [3.63, 3.8) is 0 Å². The SMILES string of the molecule is Cc1ccc(F)cc1C(=O)NCc1cccc(C(N)=O)c1. The van der Waals surface area contributed by atoms with Crippen molar-refractivity contribution in [3.8, 4) is 0 Å². The third-order valence-electron chi connectivity index (χ3n) is 3.11. The average molecular weight is 286 g/mol. The third-order valence-corrected chi connectivity index (χ3v) is 3.11. The van der Waals surface area contributed by atoms with E-state index in [-0.39, 0.29) is 12.5 Å². The quantitative estimate of drug-likeness (QED) is 0.904. The van der Waals surface area contributed by atoms with Gasteiger partial charge < -0.3 is 11.1 Å². The molecule has 0 aliphatic rings. The lowest BCUT2D eigenvalue weighted by molar-refractivity contribution is 0.0949. The van der Waals surface area contributed by atoms with Crippen molar-refractivity contribution in [2.75, 3.05) is 0 Å². The number of nitrogens with two attached hydrogens (primary N) is 1. The van der Waals surface area contributed by atoms with Gasteiger partial charge in [-0.3, -0.25) is 9.59 Å². The Balaban J connectivity index is 2.09. The Morgan fingerprint density at radius 2 is 1.95 bits per heavy atom. The van der Waals surface area contributed by atoms with E-state index in [9.17, 15) is 14.0 Å². The largest absolute Gasteiger partial charge is 0.366 e. The van der Waals surface area contributed by atoms with Crippen LogP contribution in [-0.4, -0.2) is 11.8 Å². The fourth-order valence-electron chi connectivity index (χ4n) is 1.95. The molecule has 0 radical (unpaired) electrons. The molecule has 5 heteroatoms. The molecule has 0 unspecified atom stereocenters. The van der Waals surface area contributed by atoms with Crippen molar-refractivity contribution in [1.29, 1.82) is 0 Å². The molecule has 0 saturated carbocycles. The number of aryl methyl sites for hydroxylation is 1. The smallest absolute Gasteiger partial charge is 0.251 e. The van der Waals surface area contributed by atoms with Crippen LogP contribution < -0.4 is 11.1 Å². The summed E-state index contributed by atoms with van der Waals surface area (Å²) in [5.74, 6) is -1.35. The van der Waals surface area contributed by atoms with E-state index in [0.29, 0.717) is 16.7 Å². The lowest BCUT2D eigenvalue weighted by atomic mass is 10.1. The van der Waals surface area contributed by atoms with Crippen molar-refractivity contribution in [1.82, 2.24) is 5.32 Å². The highest BCUT2D eigenvalue weighted by molar-refractivity contribution is 5.95. The zero-order valence-electron chi connectivity index (χ0n) is 11.5. The zero-order valence-corrected chi connectivity index (χ0v) is 11.5. The topological polar surface area (TPSA) is 72.2 Å². The van der Waals surface area contributed by atoms with Gasteiger partial charge in [0.2, 0.25) is 5.91 Å². The van der Waals surface area contributed by atoms with Crippen LogP contribution in [0.4, 0.5) is 4.39 Å². The van der Waals surface area contributed by atoms with Crippen LogP contribution in [0.1, 0.15) is 31.8 Å². The van der Waals surface area contributed by atoms with Gasteiger partial charge in [0.25, 0.3) is 5.91 Å². The number of carbonyl (C=O) groups is 2. The predicted molar refractivity (Wildman–Crippen MR) is 77.3 cm³/mol. The molecule has 108 valence electrons. The number of hydrogen-bond acceptors (Lipinski definition) is 2. The van der Waals surface area contributed by atoms with E-state index in [0.717, 1.165) is 5.56 Å². The molecule has 2 aromatic rings. The van der Waals surface area contributed by atoms with Gasteiger partial charge in [0.1, 0.15) is 5.82 Å². The van der Waals surface area contributed by atoms with Gasteiger partial charge in [0.05, 0.1) is 0 Å². The molecule has 0 aromatic heterocycles. The highest BCUT2D eigenvalue weighted by Crippen LogP contribution is 2.11. The van der Waals surface area contributed by atoms with E-state index in [1.807, 2.05) is 0 Å². The predicted octanol–water partition coefficient (Wildman–Crippen LogP) is 2.16. The molecule has 0 saturated heterocycles. The molecule has 0 heterocycles. The third kappa shape index (κ3) is 3.66. The zero-order chi connectivity index (χ0) is 15.4. The highest BCUT2D eigenvalue weighted by Gasteiger charge is 2.10. The standard InChI is InChI=1S/C16H15FN2O2/c1-10-5-6-13(17)8-14(10)16(21)19-9-11-3-2-4-12(7-11)15(18)20/h2-8H,9H2,1H3,(H2,18,20)(H,19,21). The molecule has 21 heavy (non-hydrogen) atoms. The molecular weight excluding hydrogens is 271 g/mol. The first kappa shape index (κ1) is 14.7. The second-order valence-corrected chi connectivity index (χ2v) is 4.71. The Morgan fingerprint density at radius 1 is 1.19 bits per heavy atom. The van der Waals surface area contributed by atoms with Crippen LogP contribution in [0.5, 0.6) is 0 Å². The number of benzene rings is 2. The van der Waals surface area contributed by atoms with Gasteiger partial charge in [-0.15, -0.1) is 0 Å². The van der Waals surface area contributed by atoms with Gasteiger partial charge >= 0.3 is 0 Å². The summed E-state index contributed by atoms with van der Waals surface area (Å²) in [7, 11) is 0. The van der Waals surface area contributed by atoms with Crippen molar-refractivity contribution < 1.29 is 14.0 Å². The Kier molecular flexibility index (Phi) is 4.33. The van der Waals surface area contributed by atoms with Crippen LogP contribution in [0.15, 0.2) is 42.5 Å². The van der Waals surface area contributed by atoms with Crippen LogP contribution in [0.3, 0.4) is 0 Å². The Bertz CT molecular complexity index is 698. The molecule has 3 N–H and O–H groups in total. The van der Waals surface area contributed by atoms with E-state index in [1.165, 1.54) is 12.1 Å². The molecule has 0 atom stereocenters. The number of halogens is 1. The number of amides is 2. The van der Waals surface area contributed by atoms with Gasteiger partial charge in [0, 0.05) is 17.7 Å². The molecular formula is C16H15FN2O2. The molecule has 2 amide bonds. The minimum atomic E-state index is -0.524. The van der Waals surface area contributed by atoms with Crippen LogP contribution >= 0.6 is 0 Å². The molecule has 0 fully saturated rings. The maximum atomic E-state index is 13.2. The fraction of sp³-hybridized carbons (Fsp3) is 0.125. The summed E-state index contributed by atoms with van der Waals surface area (Å²) >= 11 is 0. The number of hydrogen-bond donors (Lipinski definition) is 2. The van der Waals surface area contributed by atoms with Gasteiger partial charge in [0.15, 0.2) is 0 Å². The maximum absolute atomic E-state index is 13.2. The summed E-state index contributed by atoms with van der Waals surface area (Å²) in [6.07, 6.45) is 0. The van der Waals surface area contributed by atoms with Gasteiger partial charge in [-0.2, -0.15) is 0 Å². The normalized spacial score (nSPS) is 10.2. The van der Waals surface area contributed by atoms with E-state index in [2.05, 4.69) is 5.32 Å². The second-order valence-electron chi connectivity index (χ2n) is 4.71. The summed E-state index contributed by atoms with van der Waals surface area (Å²) in [5.41, 5.74) is 7.31. The monoisotopic (exact) mass is 286 g/mol. The first-order valence-electron chi connectivity index (χ1n) is 6.40. The summed E-state index contributed by atoms with van der Waals surface area (Å²) in [6.45, 7) is 1.97. The summed E-state index contributed by atoms with van der Waals surface area (Å²) in [5, 5.41) is 2.69. The van der Waals surface area contributed by atoms with Crippen molar-refractivity contribution in [2.24, 2.45) is 5.73 Å². The average Bonchev–Trinajstić information content (AvgIpc) is 2.47. The van der Waals surface area contributed by atoms with E-state index >= 15 is 0 Å².